The fourth-order valence-corrected chi connectivity index (χ4v) is 1.53. The summed E-state index contributed by atoms with van der Waals surface area (Å²) in [6, 6.07) is 0. The highest BCUT2D eigenvalue weighted by atomic mass is 32.1. The Morgan fingerprint density at radius 1 is 1.85 bits per heavy atom. The molecule has 0 aliphatic heterocycles. The maximum atomic E-state index is 11.1. The van der Waals surface area contributed by atoms with Gasteiger partial charge in [0.1, 0.15) is 0 Å². The monoisotopic (exact) mass is 220 g/mol. The first kappa shape index (κ1) is 10.2. The zero-order chi connectivity index (χ0) is 9.84. The Hall–Kier alpha value is -0.860. The molecule has 0 aliphatic rings. The molecule has 1 rings (SSSR count). The van der Waals surface area contributed by atoms with Gasteiger partial charge >= 0.3 is 0 Å². The van der Waals surface area contributed by atoms with E-state index in [9.17, 15) is 4.79 Å². The quantitative estimate of drug-likeness (QED) is 0.618. The van der Waals surface area contributed by atoms with Gasteiger partial charge in [0, 0.05) is 18.6 Å². The van der Waals surface area contributed by atoms with E-state index in [0.717, 1.165) is 11.5 Å². The van der Waals surface area contributed by atoms with Crippen molar-refractivity contribution in [2.45, 2.75) is 6.10 Å². The van der Waals surface area contributed by atoms with E-state index in [1.54, 1.807) is 0 Å². The van der Waals surface area contributed by atoms with E-state index >= 15 is 0 Å². The number of carbonyl (C=O) groups excluding carboxylic acids is 1. The zero-order valence-corrected chi connectivity index (χ0v) is 8.43. The predicted octanol–water partition coefficient (Wildman–Crippen LogP) is -0.0883. The summed E-state index contributed by atoms with van der Waals surface area (Å²) in [6.45, 7) is 0. The van der Waals surface area contributed by atoms with Crippen molar-refractivity contribution in [2.75, 3.05) is 12.8 Å². The van der Waals surface area contributed by atoms with E-state index in [1.165, 1.54) is 7.11 Å². The van der Waals surface area contributed by atoms with Crippen LogP contribution in [0.25, 0.3) is 0 Å². The van der Waals surface area contributed by atoms with Crippen LogP contribution in [0, 0.1) is 4.78 Å². The van der Waals surface area contributed by atoms with Crippen LogP contribution in [0.5, 0.6) is 0 Å². The topological polar surface area (TPSA) is 102 Å². The van der Waals surface area contributed by atoms with Gasteiger partial charge in [-0.2, -0.15) is 4.37 Å². The number of methoxy groups -OCH3 is 1. The summed E-state index contributed by atoms with van der Waals surface area (Å²) in [5, 5.41) is -0.119. The zero-order valence-electron chi connectivity index (χ0n) is 6.72. The van der Waals surface area contributed by atoms with E-state index in [4.69, 9.17) is 15.3 Å². The minimum absolute atomic E-state index is 0.123. The van der Waals surface area contributed by atoms with Crippen molar-refractivity contribution in [3.05, 3.63) is 5.82 Å². The Bertz CT molecular complexity index is 326. The van der Waals surface area contributed by atoms with E-state index < -0.39 is 11.2 Å². The number of aromatic nitrogens is 2. The van der Waals surface area contributed by atoms with Crippen molar-refractivity contribution in [1.29, 1.82) is 4.78 Å². The summed E-state index contributed by atoms with van der Waals surface area (Å²) < 4.78 is 15.5. The molecular weight excluding hydrogens is 212 g/mol. The van der Waals surface area contributed by atoms with Crippen LogP contribution in [-0.4, -0.2) is 21.6 Å². The average Bonchev–Trinajstić information content (AvgIpc) is 2.53. The van der Waals surface area contributed by atoms with Gasteiger partial charge < -0.3 is 10.5 Å². The SMILES string of the molecule is CO[C@@H](C(=O)[SH]=N)c1nsc(N)n1. The first-order valence-corrected chi connectivity index (χ1v) is 4.89. The van der Waals surface area contributed by atoms with Crippen molar-refractivity contribution < 1.29 is 9.53 Å². The second-order valence-corrected chi connectivity index (χ2v) is 3.50. The van der Waals surface area contributed by atoms with Crippen LogP contribution in [0.15, 0.2) is 0 Å². The molecule has 0 bridgehead atoms. The molecule has 0 saturated heterocycles. The summed E-state index contributed by atoms with van der Waals surface area (Å²) in [6.07, 6.45) is -0.868. The molecule has 0 fully saturated rings. The van der Waals surface area contributed by atoms with Gasteiger partial charge in [0.05, 0.1) is 0 Å². The summed E-state index contributed by atoms with van der Waals surface area (Å²) in [5.74, 6) is 0.231. The number of nitrogens with one attached hydrogen (secondary N) is 1. The molecule has 13 heavy (non-hydrogen) atoms. The highest BCUT2D eigenvalue weighted by Gasteiger charge is 2.22. The van der Waals surface area contributed by atoms with Crippen LogP contribution in [0.4, 0.5) is 5.13 Å². The number of nitrogen functional groups attached to an aromatic ring is 1. The standard InChI is InChI=1S/C5H8N4O2S2/c1-11-2(4(10)12-7)3-8-5(6)13-9-3/h2,7,12H,1H3,(H2,6,8,9)/t2-/m1/s1. The molecule has 1 atom stereocenters. The van der Waals surface area contributed by atoms with Gasteiger partial charge in [-0.05, 0) is 11.6 Å². The van der Waals surface area contributed by atoms with Crippen LogP contribution < -0.4 is 5.73 Å². The molecule has 0 aromatic carbocycles. The third kappa shape index (κ3) is 2.29. The van der Waals surface area contributed by atoms with Crippen molar-refractivity contribution in [2.24, 2.45) is 0 Å². The minimum atomic E-state index is -0.868. The fourth-order valence-electron chi connectivity index (χ4n) is 0.729. The van der Waals surface area contributed by atoms with Gasteiger partial charge in [-0.3, -0.25) is 9.57 Å². The first-order chi connectivity index (χ1) is 6.19. The molecule has 0 radical (unpaired) electrons. The van der Waals surface area contributed by atoms with E-state index in [-0.39, 0.29) is 22.5 Å². The second kappa shape index (κ2) is 4.40. The molecule has 1 aromatic rings. The number of carbonyl (C=O) groups is 1. The molecule has 0 saturated carbocycles. The summed E-state index contributed by atoms with van der Waals surface area (Å²) in [5.41, 5.74) is 5.34. The number of ether oxygens (including phenoxy) is 1. The van der Waals surface area contributed by atoms with Crippen molar-refractivity contribution >= 4 is 33.3 Å². The number of nitrogens with two attached hydrogens (primary N) is 1. The summed E-state index contributed by atoms with van der Waals surface area (Å²) in [4.78, 5) is 14.9. The van der Waals surface area contributed by atoms with E-state index in [2.05, 4.69) is 9.36 Å². The van der Waals surface area contributed by atoms with Crippen molar-refractivity contribution in [3.8, 4) is 0 Å². The van der Waals surface area contributed by atoms with Gasteiger partial charge in [-0.25, -0.2) is 4.98 Å². The molecule has 0 aliphatic carbocycles. The second-order valence-electron chi connectivity index (χ2n) is 2.06. The highest BCUT2D eigenvalue weighted by Crippen LogP contribution is 2.17. The lowest BCUT2D eigenvalue weighted by molar-refractivity contribution is -0.120. The molecule has 72 valence electrons. The first-order valence-electron chi connectivity index (χ1n) is 3.22. The van der Waals surface area contributed by atoms with Crippen LogP contribution in [0.1, 0.15) is 11.9 Å². The molecule has 0 spiro atoms. The Balaban J connectivity index is 2.90. The fraction of sp³-hybridized carbons (Fsp3) is 0.400. The Labute approximate surface area is 82.2 Å². The highest BCUT2D eigenvalue weighted by molar-refractivity contribution is 7.84. The van der Waals surface area contributed by atoms with Crippen molar-refractivity contribution in [1.82, 2.24) is 9.36 Å². The number of hydrogen-bond donors (Lipinski definition) is 3. The predicted molar refractivity (Wildman–Crippen MR) is 50.6 cm³/mol. The molecule has 6 nitrogen and oxygen atoms in total. The number of thiol groups is 1. The third-order valence-corrected chi connectivity index (χ3v) is 2.27. The van der Waals surface area contributed by atoms with Crippen molar-refractivity contribution in [3.63, 3.8) is 0 Å². The smallest absolute Gasteiger partial charge is 0.233 e. The number of hydrogen-bond acceptors (Lipinski definition) is 7. The Morgan fingerprint density at radius 3 is 2.92 bits per heavy atom. The number of nitrogens with zero attached hydrogens (tertiary/aromatic N) is 2. The van der Waals surface area contributed by atoms with Gasteiger partial charge in [0.15, 0.2) is 17.1 Å². The molecule has 0 amide bonds. The normalized spacial score (nSPS) is 12.7. The van der Waals surface area contributed by atoms with Crippen LogP contribution >= 0.6 is 11.5 Å². The van der Waals surface area contributed by atoms with Crippen LogP contribution in [0.2, 0.25) is 0 Å². The van der Waals surface area contributed by atoms with Gasteiger partial charge in [0.25, 0.3) is 0 Å². The van der Waals surface area contributed by atoms with Crippen LogP contribution in [0.3, 0.4) is 0 Å². The lowest BCUT2D eigenvalue weighted by Gasteiger charge is -2.05. The average molecular weight is 220 g/mol. The third-order valence-electron chi connectivity index (χ3n) is 1.26. The Kier molecular flexibility index (Phi) is 3.46. The molecule has 1 heterocycles. The maximum Gasteiger partial charge on any atom is 0.233 e. The maximum absolute atomic E-state index is 11.1. The lowest BCUT2D eigenvalue weighted by Crippen LogP contribution is -2.14. The van der Waals surface area contributed by atoms with E-state index in [0.29, 0.717) is 0 Å². The number of anilines is 1. The molecule has 8 heteroatoms. The molecule has 3 N–H and O–H groups in total. The van der Waals surface area contributed by atoms with Gasteiger partial charge in [-0.15, -0.1) is 0 Å². The van der Waals surface area contributed by atoms with Crippen LogP contribution in [-0.2, 0) is 21.1 Å². The minimum Gasteiger partial charge on any atom is -0.374 e. The number of rotatable bonds is 3. The molecule has 1 aromatic heterocycles. The Morgan fingerprint density at radius 2 is 2.54 bits per heavy atom. The van der Waals surface area contributed by atoms with E-state index in [1.807, 2.05) is 0 Å². The lowest BCUT2D eigenvalue weighted by atomic mass is 10.4. The summed E-state index contributed by atoms with van der Waals surface area (Å²) >= 11 is 0.874. The molecular formula is C5H8N4O2S2. The summed E-state index contributed by atoms with van der Waals surface area (Å²) in [7, 11) is 1.37. The van der Waals surface area contributed by atoms with Gasteiger partial charge in [0.2, 0.25) is 5.12 Å². The van der Waals surface area contributed by atoms with Gasteiger partial charge in [-0.1, -0.05) is 0 Å². The largest absolute Gasteiger partial charge is 0.374 e. The molecule has 0 unspecified atom stereocenters.